The number of hydrogen-bond donors (Lipinski definition) is 1. The summed E-state index contributed by atoms with van der Waals surface area (Å²) in [7, 11) is 0. The van der Waals surface area contributed by atoms with E-state index < -0.39 is 16.8 Å². The SMILES string of the molecule is CCOC(=O)C(CC)(CC1CCCCC1)C(C)(CC)C(=O)O. The fourth-order valence-corrected chi connectivity index (χ4v) is 4.06. The molecule has 0 spiro atoms. The summed E-state index contributed by atoms with van der Waals surface area (Å²) >= 11 is 0. The number of carbonyl (C=O) groups is 2. The zero-order valence-corrected chi connectivity index (χ0v) is 14.6. The van der Waals surface area contributed by atoms with E-state index in [1.165, 1.54) is 19.3 Å². The molecule has 1 N–H and O–H groups in total. The van der Waals surface area contributed by atoms with E-state index in [9.17, 15) is 14.7 Å². The van der Waals surface area contributed by atoms with Crippen LogP contribution in [0.3, 0.4) is 0 Å². The van der Waals surface area contributed by atoms with Crippen molar-refractivity contribution in [1.82, 2.24) is 0 Å². The van der Waals surface area contributed by atoms with Crippen LogP contribution in [0, 0.1) is 16.7 Å². The monoisotopic (exact) mass is 312 g/mol. The first-order chi connectivity index (χ1) is 10.4. The Morgan fingerprint density at radius 2 is 1.68 bits per heavy atom. The number of carboxylic acids is 1. The first kappa shape index (κ1) is 19.0. The summed E-state index contributed by atoms with van der Waals surface area (Å²) in [5.41, 5.74) is -2.00. The van der Waals surface area contributed by atoms with E-state index in [-0.39, 0.29) is 5.97 Å². The molecule has 4 nitrogen and oxygen atoms in total. The van der Waals surface area contributed by atoms with Crippen molar-refractivity contribution in [1.29, 1.82) is 0 Å². The highest BCUT2D eigenvalue weighted by atomic mass is 16.5. The van der Waals surface area contributed by atoms with Crippen LogP contribution in [0.4, 0.5) is 0 Å². The van der Waals surface area contributed by atoms with Crippen molar-refractivity contribution >= 4 is 11.9 Å². The third-order valence-electron chi connectivity index (χ3n) is 5.87. The van der Waals surface area contributed by atoms with Crippen molar-refractivity contribution in [2.45, 2.75) is 79.1 Å². The van der Waals surface area contributed by atoms with Gasteiger partial charge in [0, 0.05) is 0 Å². The second-order valence-corrected chi connectivity index (χ2v) is 6.86. The molecule has 1 rings (SSSR count). The third-order valence-corrected chi connectivity index (χ3v) is 5.87. The summed E-state index contributed by atoms with van der Waals surface area (Å²) in [5, 5.41) is 9.84. The molecule has 128 valence electrons. The van der Waals surface area contributed by atoms with Gasteiger partial charge in [0.1, 0.15) is 0 Å². The number of rotatable bonds is 8. The van der Waals surface area contributed by atoms with Crippen LogP contribution >= 0.6 is 0 Å². The van der Waals surface area contributed by atoms with Gasteiger partial charge in [-0.05, 0) is 39.0 Å². The quantitative estimate of drug-likeness (QED) is 0.674. The van der Waals surface area contributed by atoms with Crippen LogP contribution in [0.1, 0.15) is 79.1 Å². The minimum Gasteiger partial charge on any atom is -0.481 e. The smallest absolute Gasteiger partial charge is 0.313 e. The summed E-state index contributed by atoms with van der Waals surface area (Å²) in [4.78, 5) is 24.8. The Balaban J connectivity index is 3.21. The molecule has 4 heteroatoms. The number of esters is 1. The molecule has 22 heavy (non-hydrogen) atoms. The van der Waals surface area contributed by atoms with Crippen LogP contribution in [-0.2, 0) is 14.3 Å². The molecule has 0 aromatic carbocycles. The predicted molar refractivity (Wildman–Crippen MR) is 86.6 cm³/mol. The van der Waals surface area contributed by atoms with E-state index in [4.69, 9.17) is 4.74 Å². The van der Waals surface area contributed by atoms with Crippen molar-refractivity contribution in [3.8, 4) is 0 Å². The fraction of sp³-hybridized carbons (Fsp3) is 0.889. The standard InChI is InChI=1S/C18H32O4/c1-5-17(4,15(19)20)18(6-2,16(21)22-7-3)13-14-11-9-8-10-12-14/h14H,5-13H2,1-4H3,(H,19,20). The largest absolute Gasteiger partial charge is 0.481 e. The van der Waals surface area contributed by atoms with Crippen molar-refractivity contribution in [3.63, 3.8) is 0 Å². The van der Waals surface area contributed by atoms with Crippen LogP contribution in [0.5, 0.6) is 0 Å². The van der Waals surface area contributed by atoms with Gasteiger partial charge in [0.15, 0.2) is 0 Å². The molecule has 1 fully saturated rings. The Morgan fingerprint density at radius 1 is 1.09 bits per heavy atom. The molecule has 1 aliphatic carbocycles. The first-order valence-corrected chi connectivity index (χ1v) is 8.78. The summed E-state index contributed by atoms with van der Waals surface area (Å²) in [6, 6.07) is 0. The highest BCUT2D eigenvalue weighted by molar-refractivity contribution is 5.87. The molecule has 0 amide bonds. The van der Waals surface area contributed by atoms with E-state index in [1.54, 1.807) is 13.8 Å². The molecular weight excluding hydrogens is 280 g/mol. The maximum atomic E-state index is 12.8. The summed E-state index contributed by atoms with van der Waals surface area (Å²) in [5.74, 6) is -0.779. The van der Waals surface area contributed by atoms with Gasteiger partial charge in [0.25, 0.3) is 0 Å². The van der Waals surface area contributed by atoms with Crippen molar-refractivity contribution in [2.75, 3.05) is 6.61 Å². The molecule has 2 unspecified atom stereocenters. The summed E-state index contributed by atoms with van der Waals surface area (Å²) in [6.07, 6.45) is 7.40. The lowest BCUT2D eigenvalue weighted by Crippen LogP contribution is -2.52. The molecule has 0 aliphatic heterocycles. The predicted octanol–water partition coefficient (Wildman–Crippen LogP) is 4.42. The zero-order chi connectivity index (χ0) is 16.8. The number of carbonyl (C=O) groups excluding carboxylic acids is 1. The minimum absolute atomic E-state index is 0.296. The topological polar surface area (TPSA) is 63.6 Å². The molecule has 0 bridgehead atoms. The Kier molecular flexibility index (Phi) is 6.89. The average molecular weight is 312 g/mol. The molecule has 0 aromatic heterocycles. The van der Waals surface area contributed by atoms with E-state index in [1.807, 2.05) is 13.8 Å². The number of carboxylic acid groups (broad SMARTS) is 1. The van der Waals surface area contributed by atoms with E-state index in [0.717, 1.165) is 12.8 Å². The Bertz CT molecular complexity index is 387. The van der Waals surface area contributed by atoms with Crippen LogP contribution < -0.4 is 0 Å². The van der Waals surface area contributed by atoms with Gasteiger partial charge in [0.2, 0.25) is 0 Å². The van der Waals surface area contributed by atoms with Gasteiger partial charge in [-0.1, -0.05) is 46.0 Å². The van der Waals surface area contributed by atoms with Gasteiger partial charge < -0.3 is 9.84 Å². The van der Waals surface area contributed by atoms with Crippen LogP contribution in [0.2, 0.25) is 0 Å². The van der Waals surface area contributed by atoms with E-state index in [2.05, 4.69) is 0 Å². The Hall–Kier alpha value is -1.06. The fourth-order valence-electron chi connectivity index (χ4n) is 4.06. The van der Waals surface area contributed by atoms with E-state index >= 15 is 0 Å². The number of aliphatic carboxylic acids is 1. The lowest BCUT2D eigenvalue weighted by molar-refractivity contribution is -0.180. The molecule has 2 atom stereocenters. The maximum absolute atomic E-state index is 12.8. The third kappa shape index (κ3) is 3.47. The second-order valence-electron chi connectivity index (χ2n) is 6.86. The van der Waals surface area contributed by atoms with Gasteiger partial charge in [-0.2, -0.15) is 0 Å². The van der Waals surface area contributed by atoms with Crippen LogP contribution in [0.15, 0.2) is 0 Å². The molecule has 0 saturated heterocycles. The van der Waals surface area contributed by atoms with Crippen molar-refractivity contribution in [3.05, 3.63) is 0 Å². The normalized spacial score (nSPS) is 21.6. The van der Waals surface area contributed by atoms with Gasteiger partial charge in [-0.15, -0.1) is 0 Å². The lowest BCUT2D eigenvalue weighted by atomic mass is 9.57. The minimum atomic E-state index is -1.08. The maximum Gasteiger partial charge on any atom is 0.313 e. The van der Waals surface area contributed by atoms with Gasteiger partial charge >= 0.3 is 11.9 Å². The average Bonchev–Trinajstić information content (AvgIpc) is 2.52. The van der Waals surface area contributed by atoms with Crippen molar-refractivity contribution in [2.24, 2.45) is 16.7 Å². The molecule has 1 saturated carbocycles. The number of ether oxygens (including phenoxy) is 1. The van der Waals surface area contributed by atoms with Gasteiger partial charge in [-0.3, -0.25) is 9.59 Å². The van der Waals surface area contributed by atoms with Crippen LogP contribution in [0.25, 0.3) is 0 Å². The highest BCUT2D eigenvalue weighted by Crippen LogP contribution is 2.52. The van der Waals surface area contributed by atoms with Gasteiger partial charge in [0.05, 0.1) is 17.4 Å². The zero-order valence-electron chi connectivity index (χ0n) is 14.6. The van der Waals surface area contributed by atoms with Gasteiger partial charge in [-0.25, -0.2) is 0 Å². The Labute approximate surface area is 134 Å². The summed E-state index contributed by atoms with van der Waals surface area (Å²) < 4.78 is 5.34. The van der Waals surface area contributed by atoms with Crippen molar-refractivity contribution < 1.29 is 19.4 Å². The molecule has 1 aliphatic rings. The second kappa shape index (κ2) is 7.98. The summed E-state index contributed by atoms with van der Waals surface area (Å²) in [6.45, 7) is 7.58. The number of hydrogen-bond acceptors (Lipinski definition) is 3. The molecular formula is C18H32O4. The molecule has 0 radical (unpaired) electrons. The highest BCUT2D eigenvalue weighted by Gasteiger charge is 2.57. The Morgan fingerprint density at radius 3 is 2.09 bits per heavy atom. The molecule has 0 aromatic rings. The van der Waals surface area contributed by atoms with Crippen LogP contribution in [-0.4, -0.2) is 23.7 Å². The van der Waals surface area contributed by atoms with E-state index in [0.29, 0.717) is 31.8 Å². The first-order valence-electron chi connectivity index (χ1n) is 8.78. The molecule has 0 heterocycles. The lowest BCUT2D eigenvalue weighted by Gasteiger charge is -2.45.